The number of carbonyl (C=O) groups excluding carboxylic acids is 1. The summed E-state index contributed by atoms with van der Waals surface area (Å²) in [4.78, 5) is 11.9. The Bertz CT molecular complexity index is 461. The first-order chi connectivity index (χ1) is 8.85. The van der Waals surface area contributed by atoms with Gasteiger partial charge in [0.1, 0.15) is 5.83 Å². The Labute approximate surface area is 115 Å². The van der Waals surface area contributed by atoms with Crippen LogP contribution in [0.2, 0.25) is 25.7 Å². The highest BCUT2D eigenvalue weighted by molar-refractivity contribution is 6.77. The number of carbonyl (C=O) groups is 1. The van der Waals surface area contributed by atoms with Gasteiger partial charge in [0.2, 0.25) is 0 Å². The first-order valence-corrected chi connectivity index (χ1v) is 10.2. The molecule has 0 aromatic heterocycles. The van der Waals surface area contributed by atoms with Gasteiger partial charge in [-0.2, -0.15) is 0 Å². The minimum Gasteiger partial charge on any atom is -0.463 e. The summed E-state index contributed by atoms with van der Waals surface area (Å²) in [6.07, 6.45) is 0. The Kier molecular flexibility index (Phi) is 5.48. The fourth-order valence-corrected chi connectivity index (χ4v) is 3.11. The standard InChI is InChI=1S/C15H21FO2Si/c1-5-18-15(17)13(11-19(2,3)4)14(16)12-9-7-6-8-10-12/h6-10H,5,11H2,1-4H3/b14-13-. The number of hydrogen-bond acceptors (Lipinski definition) is 2. The van der Waals surface area contributed by atoms with Crippen molar-refractivity contribution in [3.05, 3.63) is 41.5 Å². The van der Waals surface area contributed by atoms with Crippen LogP contribution in [0.5, 0.6) is 0 Å². The molecule has 0 unspecified atom stereocenters. The summed E-state index contributed by atoms with van der Waals surface area (Å²) in [5.74, 6) is -0.993. The van der Waals surface area contributed by atoms with Gasteiger partial charge in [-0.25, -0.2) is 9.18 Å². The molecule has 0 heterocycles. The van der Waals surface area contributed by atoms with Crippen molar-refractivity contribution >= 4 is 19.9 Å². The zero-order valence-electron chi connectivity index (χ0n) is 12.0. The first-order valence-electron chi connectivity index (χ1n) is 6.46. The van der Waals surface area contributed by atoms with Crippen LogP contribution in [0.4, 0.5) is 4.39 Å². The van der Waals surface area contributed by atoms with E-state index in [4.69, 9.17) is 4.74 Å². The van der Waals surface area contributed by atoms with Gasteiger partial charge in [-0.05, 0) is 13.0 Å². The first kappa shape index (κ1) is 15.6. The summed E-state index contributed by atoms with van der Waals surface area (Å²) in [5.41, 5.74) is 0.607. The Morgan fingerprint density at radius 1 is 1.21 bits per heavy atom. The Balaban J connectivity index is 3.17. The average molecular weight is 280 g/mol. The van der Waals surface area contributed by atoms with Gasteiger partial charge in [0.15, 0.2) is 0 Å². The summed E-state index contributed by atoms with van der Waals surface area (Å²) in [6, 6.07) is 9.14. The SMILES string of the molecule is CCOC(=O)/C(C[Si](C)(C)C)=C(\F)c1ccccc1. The lowest BCUT2D eigenvalue weighted by molar-refractivity contribution is -0.138. The van der Waals surface area contributed by atoms with Gasteiger partial charge in [0.05, 0.1) is 12.2 Å². The van der Waals surface area contributed by atoms with Crippen LogP contribution in [-0.2, 0) is 9.53 Å². The normalized spacial score (nSPS) is 12.9. The highest BCUT2D eigenvalue weighted by Gasteiger charge is 2.25. The maximum atomic E-state index is 14.5. The zero-order valence-corrected chi connectivity index (χ0v) is 13.0. The molecule has 0 saturated heterocycles. The second-order valence-electron chi connectivity index (χ2n) is 5.62. The molecule has 19 heavy (non-hydrogen) atoms. The van der Waals surface area contributed by atoms with Crippen molar-refractivity contribution in [3.63, 3.8) is 0 Å². The van der Waals surface area contributed by atoms with Crippen LogP contribution in [0.1, 0.15) is 12.5 Å². The summed E-state index contributed by atoms with van der Waals surface area (Å²) in [7, 11) is -1.61. The fourth-order valence-electron chi connectivity index (χ4n) is 1.75. The highest BCUT2D eigenvalue weighted by Crippen LogP contribution is 2.27. The molecule has 0 radical (unpaired) electrons. The van der Waals surface area contributed by atoms with Crippen molar-refractivity contribution in [1.82, 2.24) is 0 Å². The maximum Gasteiger partial charge on any atom is 0.336 e. The van der Waals surface area contributed by atoms with Crippen LogP contribution in [-0.4, -0.2) is 20.7 Å². The molecule has 2 nitrogen and oxygen atoms in total. The van der Waals surface area contributed by atoms with Crippen molar-refractivity contribution in [2.45, 2.75) is 32.6 Å². The summed E-state index contributed by atoms with van der Waals surface area (Å²) < 4.78 is 19.5. The van der Waals surface area contributed by atoms with Crippen LogP contribution < -0.4 is 0 Å². The molecule has 1 aromatic rings. The minimum atomic E-state index is -1.61. The molecule has 0 bridgehead atoms. The van der Waals surface area contributed by atoms with Crippen LogP contribution in [0.25, 0.3) is 5.83 Å². The zero-order chi connectivity index (χ0) is 14.5. The van der Waals surface area contributed by atoms with E-state index in [1.54, 1.807) is 31.2 Å². The van der Waals surface area contributed by atoms with Crippen molar-refractivity contribution in [2.24, 2.45) is 0 Å². The molecule has 4 heteroatoms. The van der Waals surface area contributed by atoms with Gasteiger partial charge in [-0.15, -0.1) is 0 Å². The van der Waals surface area contributed by atoms with Gasteiger partial charge < -0.3 is 4.74 Å². The lowest BCUT2D eigenvalue weighted by Gasteiger charge is -2.18. The smallest absolute Gasteiger partial charge is 0.336 e. The van der Waals surface area contributed by atoms with Gasteiger partial charge >= 0.3 is 5.97 Å². The van der Waals surface area contributed by atoms with Crippen molar-refractivity contribution in [2.75, 3.05) is 6.61 Å². The fraction of sp³-hybridized carbons (Fsp3) is 0.400. The van der Waals surface area contributed by atoms with Crippen LogP contribution in [0, 0.1) is 0 Å². The lowest BCUT2D eigenvalue weighted by Crippen LogP contribution is -2.24. The van der Waals surface area contributed by atoms with Crippen molar-refractivity contribution in [1.29, 1.82) is 0 Å². The van der Waals surface area contributed by atoms with E-state index in [2.05, 4.69) is 19.6 Å². The van der Waals surface area contributed by atoms with E-state index in [0.29, 0.717) is 11.6 Å². The lowest BCUT2D eigenvalue weighted by atomic mass is 10.1. The number of esters is 1. The average Bonchev–Trinajstić information content (AvgIpc) is 2.35. The van der Waals surface area contributed by atoms with E-state index in [9.17, 15) is 9.18 Å². The van der Waals surface area contributed by atoms with Gasteiger partial charge in [-0.1, -0.05) is 50.0 Å². The number of halogens is 1. The third-order valence-electron chi connectivity index (χ3n) is 2.52. The van der Waals surface area contributed by atoms with Gasteiger partial charge in [-0.3, -0.25) is 0 Å². The second-order valence-corrected chi connectivity index (χ2v) is 11.1. The monoisotopic (exact) mass is 280 g/mol. The topological polar surface area (TPSA) is 26.3 Å². The number of rotatable bonds is 5. The molecule has 0 atom stereocenters. The Morgan fingerprint density at radius 2 is 1.79 bits per heavy atom. The van der Waals surface area contributed by atoms with Gasteiger partial charge in [0.25, 0.3) is 0 Å². The van der Waals surface area contributed by atoms with E-state index < -0.39 is 19.9 Å². The molecule has 0 aliphatic heterocycles. The quantitative estimate of drug-likeness (QED) is 0.457. The predicted molar refractivity (Wildman–Crippen MR) is 79.3 cm³/mol. The third-order valence-corrected chi connectivity index (χ3v) is 3.94. The highest BCUT2D eigenvalue weighted by atomic mass is 28.3. The molecule has 1 aromatic carbocycles. The Morgan fingerprint density at radius 3 is 2.26 bits per heavy atom. The van der Waals surface area contributed by atoms with Gasteiger partial charge in [0, 0.05) is 13.6 Å². The van der Waals surface area contributed by atoms with Crippen LogP contribution in [0.3, 0.4) is 0 Å². The number of benzene rings is 1. The molecule has 0 amide bonds. The van der Waals surface area contributed by atoms with Crippen molar-refractivity contribution in [3.8, 4) is 0 Å². The second kappa shape index (κ2) is 6.66. The molecule has 104 valence electrons. The van der Waals surface area contributed by atoms with Crippen LogP contribution >= 0.6 is 0 Å². The molecular formula is C15H21FO2Si. The molecule has 0 aliphatic rings. The predicted octanol–water partition coefficient (Wildman–Crippen LogP) is 4.27. The van der Waals surface area contributed by atoms with E-state index in [1.165, 1.54) is 0 Å². The van der Waals surface area contributed by atoms with Crippen LogP contribution in [0.15, 0.2) is 35.9 Å². The van der Waals surface area contributed by atoms with E-state index in [0.717, 1.165) is 0 Å². The van der Waals surface area contributed by atoms with E-state index in [1.807, 2.05) is 6.07 Å². The molecule has 0 spiro atoms. The molecular weight excluding hydrogens is 259 g/mol. The number of hydrogen-bond donors (Lipinski definition) is 0. The molecule has 0 aliphatic carbocycles. The maximum absolute atomic E-state index is 14.5. The Hall–Kier alpha value is -1.42. The number of ether oxygens (including phenoxy) is 1. The molecule has 0 saturated carbocycles. The summed E-state index contributed by atoms with van der Waals surface area (Å²) in [5, 5.41) is 0. The largest absolute Gasteiger partial charge is 0.463 e. The molecule has 0 N–H and O–H groups in total. The summed E-state index contributed by atoms with van der Waals surface area (Å²) >= 11 is 0. The third kappa shape index (κ3) is 4.99. The van der Waals surface area contributed by atoms with E-state index >= 15 is 0 Å². The van der Waals surface area contributed by atoms with E-state index in [-0.39, 0.29) is 12.2 Å². The molecule has 1 rings (SSSR count). The molecule has 0 fully saturated rings. The minimum absolute atomic E-state index is 0.173. The van der Waals surface area contributed by atoms with Crippen molar-refractivity contribution < 1.29 is 13.9 Å². The summed E-state index contributed by atoms with van der Waals surface area (Å²) in [6.45, 7) is 8.29.